The van der Waals surface area contributed by atoms with Gasteiger partial charge in [-0.15, -0.1) is 0 Å². The highest BCUT2D eigenvalue weighted by Crippen LogP contribution is 2.26. The lowest BCUT2D eigenvalue weighted by Gasteiger charge is -2.20. The van der Waals surface area contributed by atoms with E-state index in [-0.39, 0.29) is 5.75 Å². The molecule has 2 aromatic carbocycles. The smallest absolute Gasteiger partial charge is 0.216 e. The van der Waals surface area contributed by atoms with Crippen molar-refractivity contribution < 1.29 is 9.84 Å². The number of hydrogen-bond acceptors (Lipinski definition) is 6. The van der Waals surface area contributed by atoms with Gasteiger partial charge in [-0.25, -0.2) is 5.10 Å². The lowest BCUT2D eigenvalue weighted by atomic mass is 10.2. The normalized spacial score (nSPS) is 11.1. The van der Waals surface area contributed by atoms with Crippen LogP contribution in [0.15, 0.2) is 47.6 Å². The maximum Gasteiger partial charge on any atom is 0.216 e. The number of nitrogens with one attached hydrogen (secondary N) is 1. The molecule has 0 bridgehead atoms. The molecule has 1 heterocycles. The minimum atomic E-state index is 0.0953. The van der Waals surface area contributed by atoms with Crippen LogP contribution in [-0.4, -0.2) is 45.9 Å². The average Bonchev–Trinajstić information content (AvgIpc) is 3.10. The molecule has 0 aliphatic carbocycles. The highest BCUT2D eigenvalue weighted by molar-refractivity contribution is 7.71. The number of aromatic hydroxyl groups is 1. The molecule has 0 amide bonds. The van der Waals surface area contributed by atoms with E-state index in [4.69, 9.17) is 17.0 Å². The summed E-state index contributed by atoms with van der Waals surface area (Å²) in [4.78, 5) is 2.28. The summed E-state index contributed by atoms with van der Waals surface area (Å²) in [7, 11) is 0. The highest BCUT2D eigenvalue weighted by Gasteiger charge is 2.10. The van der Waals surface area contributed by atoms with Crippen LogP contribution in [0.2, 0.25) is 0 Å². The zero-order valence-corrected chi connectivity index (χ0v) is 17.6. The summed E-state index contributed by atoms with van der Waals surface area (Å²) in [5.74, 6) is 1.14. The topological polar surface area (TPSA) is 78.7 Å². The molecule has 29 heavy (non-hydrogen) atoms. The van der Waals surface area contributed by atoms with Crippen LogP contribution in [0.25, 0.3) is 11.4 Å². The first-order valence-electron chi connectivity index (χ1n) is 9.60. The molecule has 0 unspecified atom stereocenters. The zero-order valence-electron chi connectivity index (χ0n) is 16.8. The van der Waals surface area contributed by atoms with Gasteiger partial charge in [0.1, 0.15) is 0 Å². The predicted molar refractivity (Wildman–Crippen MR) is 119 cm³/mol. The third-order valence-electron chi connectivity index (χ3n) is 4.51. The number of benzene rings is 2. The number of rotatable bonds is 8. The Hall–Kier alpha value is -3.13. The second-order valence-corrected chi connectivity index (χ2v) is 6.67. The number of nitrogens with zero attached hydrogens (tertiary/aromatic N) is 4. The van der Waals surface area contributed by atoms with E-state index in [1.54, 1.807) is 29.1 Å². The van der Waals surface area contributed by atoms with E-state index in [9.17, 15) is 5.11 Å². The minimum Gasteiger partial charge on any atom is -0.504 e. The van der Waals surface area contributed by atoms with Gasteiger partial charge in [0.05, 0.1) is 12.8 Å². The van der Waals surface area contributed by atoms with Gasteiger partial charge in [0.25, 0.3) is 0 Å². The molecule has 0 saturated heterocycles. The fourth-order valence-corrected chi connectivity index (χ4v) is 3.18. The molecule has 0 aliphatic heterocycles. The number of aromatic nitrogens is 3. The first kappa shape index (κ1) is 20.6. The molecule has 152 valence electrons. The van der Waals surface area contributed by atoms with Crippen molar-refractivity contribution in [1.29, 1.82) is 0 Å². The van der Waals surface area contributed by atoms with Crippen LogP contribution in [0.1, 0.15) is 26.3 Å². The standard InChI is InChI=1S/C21H25N5O2S/c1-4-25(5-2)17-10-8-16(9-11-17)20-23-24-21(29)26(20)22-14-15-7-12-18(27)19(13-15)28-6-3/h7-14,27H,4-6H2,1-3H3,(H,24,29)/b22-14+. The second-order valence-electron chi connectivity index (χ2n) is 6.29. The van der Waals surface area contributed by atoms with Crippen LogP contribution in [0, 0.1) is 4.77 Å². The molecule has 8 heteroatoms. The molecule has 0 aliphatic rings. The first-order chi connectivity index (χ1) is 14.1. The summed E-state index contributed by atoms with van der Waals surface area (Å²) in [5, 5.41) is 21.4. The Labute approximate surface area is 175 Å². The van der Waals surface area contributed by atoms with Gasteiger partial charge in [0, 0.05) is 24.3 Å². The number of anilines is 1. The number of phenolic OH excluding ortho intramolecular Hbond substituents is 1. The number of aromatic amines is 1. The van der Waals surface area contributed by atoms with Crippen molar-refractivity contribution in [2.24, 2.45) is 5.10 Å². The molecule has 3 rings (SSSR count). The van der Waals surface area contributed by atoms with Gasteiger partial charge in [-0.05, 0) is 81.0 Å². The van der Waals surface area contributed by atoms with Gasteiger partial charge >= 0.3 is 0 Å². The summed E-state index contributed by atoms with van der Waals surface area (Å²) >= 11 is 5.34. The quantitative estimate of drug-likeness (QED) is 0.423. The van der Waals surface area contributed by atoms with Crippen LogP contribution >= 0.6 is 12.2 Å². The molecular weight excluding hydrogens is 386 g/mol. The van der Waals surface area contributed by atoms with Crippen molar-refractivity contribution in [3.8, 4) is 22.9 Å². The van der Waals surface area contributed by atoms with Crippen molar-refractivity contribution in [2.75, 3.05) is 24.6 Å². The van der Waals surface area contributed by atoms with Crippen molar-refractivity contribution in [2.45, 2.75) is 20.8 Å². The predicted octanol–water partition coefficient (Wildman–Crippen LogP) is 4.44. The van der Waals surface area contributed by atoms with Gasteiger partial charge < -0.3 is 14.7 Å². The Morgan fingerprint density at radius 2 is 1.90 bits per heavy atom. The first-order valence-corrected chi connectivity index (χ1v) is 10.0. The van der Waals surface area contributed by atoms with Crippen LogP contribution in [0.3, 0.4) is 0 Å². The van der Waals surface area contributed by atoms with E-state index in [0.717, 1.165) is 29.9 Å². The summed E-state index contributed by atoms with van der Waals surface area (Å²) in [6.07, 6.45) is 1.65. The van der Waals surface area contributed by atoms with Crippen LogP contribution in [0.4, 0.5) is 5.69 Å². The Morgan fingerprint density at radius 3 is 2.55 bits per heavy atom. The fraction of sp³-hybridized carbons (Fsp3) is 0.286. The second kappa shape index (κ2) is 9.38. The van der Waals surface area contributed by atoms with Gasteiger partial charge in [0.15, 0.2) is 17.3 Å². The summed E-state index contributed by atoms with van der Waals surface area (Å²) < 4.78 is 7.39. The van der Waals surface area contributed by atoms with Crippen molar-refractivity contribution in [3.05, 3.63) is 52.8 Å². The SMILES string of the molecule is CCOc1cc(/C=N/n2c(-c3ccc(N(CC)CC)cc3)n[nH]c2=S)ccc1O. The molecule has 7 nitrogen and oxygen atoms in total. The van der Waals surface area contributed by atoms with E-state index in [2.05, 4.69) is 46.2 Å². The van der Waals surface area contributed by atoms with E-state index in [1.165, 1.54) is 0 Å². The fourth-order valence-electron chi connectivity index (χ4n) is 3.00. The number of ether oxygens (including phenoxy) is 1. The van der Waals surface area contributed by atoms with Crippen LogP contribution in [0.5, 0.6) is 11.5 Å². The number of hydrogen-bond donors (Lipinski definition) is 2. The zero-order chi connectivity index (χ0) is 20.8. The molecule has 2 N–H and O–H groups in total. The Morgan fingerprint density at radius 1 is 1.17 bits per heavy atom. The average molecular weight is 412 g/mol. The molecule has 0 fully saturated rings. The molecule has 0 saturated carbocycles. The van der Waals surface area contributed by atoms with Gasteiger partial charge in [-0.2, -0.15) is 14.9 Å². The monoisotopic (exact) mass is 411 g/mol. The summed E-state index contributed by atoms with van der Waals surface area (Å²) in [5.41, 5.74) is 2.85. The van der Waals surface area contributed by atoms with Crippen molar-refractivity contribution >= 4 is 24.1 Å². The largest absolute Gasteiger partial charge is 0.504 e. The lowest BCUT2D eigenvalue weighted by molar-refractivity contribution is 0.318. The summed E-state index contributed by atoms with van der Waals surface area (Å²) in [6.45, 7) is 8.51. The van der Waals surface area contributed by atoms with E-state index < -0.39 is 0 Å². The van der Waals surface area contributed by atoms with Crippen LogP contribution in [-0.2, 0) is 0 Å². The third kappa shape index (κ3) is 4.65. The summed E-state index contributed by atoms with van der Waals surface area (Å²) in [6, 6.07) is 13.2. The molecule has 1 aromatic heterocycles. The van der Waals surface area contributed by atoms with Gasteiger partial charge in [-0.3, -0.25) is 0 Å². The van der Waals surface area contributed by atoms with E-state index in [0.29, 0.717) is 23.0 Å². The molecular formula is C21H25N5O2S. The molecule has 3 aromatic rings. The molecule has 0 atom stereocenters. The maximum absolute atomic E-state index is 9.84. The number of phenols is 1. The Bertz CT molecular complexity index is 1040. The minimum absolute atomic E-state index is 0.0953. The van der Waals surface area contributed by atoms with E-state index >= 15 is 0 Å². The Balaban J connectivity index is 1.89. The molecule has 0 radical (unpaired) electrons. The lowest BCUT2D eigenvalue weighted by Crippen LogP contribution is -2.21. The Kier molecular flexibility index (Phi) is 6.66. The van der Waals surface area contributed by atoms with Gasteiger partial charge in [0.2, 0.25) is 4.77 Å². The van der Waals surface area contributed by atoms with Crippen molar-refractivity contribution in [1.82, 2.24) is 14.9 Å². The molecule has 0 spiro atoms. The van der Waals surface area contributed by atoms with Gasteiger partial charge in [-0.1, -0.05) is 0 Å². The van der Waals surface area contributed by atoms with Crippen LogP contribution < -0.4 is 9.64 Å². The van der Waals surface area contributed by atoms with Crippen molar-refractivity contribution in [3.63, 3.8) is 0 Å². The maximum atomic E-state index is 9.84. The highest BCUT2D eigenvalue weighted by atomic mass is 32.1. The van der Waals surface area contributed by atoms with E-state index in [1.807, 2.05) is 19.1 Å². The third-order valence-corrected chi connectivity index (χ3v) is 4.77. The number of H-pyrrole nitrogens is 1.